The molecule has 2 aliphatic heterocycles. The monoisotopic (exact) mass is 317 g/mol. The van der Waals surface area contributed by atoms with E-state index in [1.54, 1.807) is 17.1 Å². The van der Waals surface area contributed by atoms with Gasteiger partial charge in [0.15, 0.2) is 11.5 Å². The van der Waals surface area contributed by atoms with Crippen molar-refractivity contribution in [3.05, 3.63) is 29.8 Å². The van der Waals surface area contributed by atoms with Gasteiger partial charge in [0.25, 0.3) is 0 Å². The Hall–Kier alpha value is -2.50. The molecule has 6 heteroatoms. The molecule has 2 heterocycles. The number of likely N-dealkylation sites (tertiary alicyclic amines) is 1. The normalized spacial score (nSPS) is 17.5. The summed E-state index contributed by atoms with van der Waals surface area (Å²) >= 11 is 0. The second-order valence-electron chi connectivity index (χ2n) is 5.57. The van der Waals surface area contributed by atoms with Gasteiger partial charge < -0.3 is 19.1 Å². The first-order valence-electron chi connectivity index (χ1n) is 7.62. The number of amides is 1. The van der Waals surface area contributed by atoms with Gasteiger partial charge >= 0.3 is 5.97 Å². The van der Waals surface area contributed by atoms with Crippen molar-refractivity contribution in [3.63, 3.8) is 0 Å². The molecule has 0 saturated carbocycles. The third kappa shape index (κ3) is 3.47. The minimum atomic E-state index is -0.187. The molecule has 0 aliphatic carbocycles. The summed E-state index contributed by atoms with van der Waals surface area (Å²) in [6.45, 7) is 1.38. The van der Waals surface area contributed by atoms with Crippen LogP contribution in [0, 0.1) is 5.92 Å². The van der Waals surface area contributed by atoms with Gasteiger partial charge in [0.05, 0.1) is 13.0 Å². The molecule has 3 rings (SSSR count). The third-order valence-corrected chi connectivity index (χ3v) is 4.16. The maximum Gasteiger partial charge on any atom is 0.308 e. The minimum absolute atomic E-state index is 0.0500. The number of piperidine rings is 1. The smallest absolute Gasteiger partial charge is 0.308 e. The van der Waals surface area contributed by atoms with E-state index in [0.29, 0.717) is 31.7 Å². The number of benzene rings is 1. The summed E-state index contributed by atoms with van der Waals surface area (Å²) in [7, 11) is 1.40. The number of fused-ring (bicyclic) bond motifs is 1. The Kier molecular flexibility index (Phi) is 4.50. The number of carbonyl (C=O) groups excluding carboxylic acids is 2. The second kappa shape index (κ2) is 6.73. The number of rotatable bonds is 3. The Balaban J connectivity index is 1.56. The predicted octanol–water partition coefficient (Wildman–Crippen LogP) is 1.84. The van der Waals surface area contributed by atoms with Crippen molar-refractivity contribution in [2.24, 2.45) is 5.92 Å². The van der Waals surface area contributed by atoms with Crippen molar-refractivity contribution in [1.29, 1.82) is 0 Å². The first kappa shape index (κ1) is 15.4. The number of hydrogen-bond donors (Lipinski definition) is 0. The van der Waals surface area contributed by atoms with Crippen molar-refractivity contribution in [2.75, 3.05) is 27.0 Å². The number of methoxy groups -OCH3 is 1. The maximum absolute atomic E-state index is 12.2. The van der Waals surface area contributed by atoms with E-state index in [1.165, 1.54) is 7.11 Å². The Bertz CT molecular complexity index is 632. The predicted molar refractivity (Wildman–Crippen MR) is 82.9 cm³/mol. The second-order valence-corrected chi connectivity index (χ2v) is 5.57. The molecule has 1 fully saturated rings. The summed E-state index contributed by atoms with van der Waals surface area (Å²) in [5.41, 5.74) is 0.882. The van der Waals surface area contributed by atoms with Crippen molar-refractivity contribution in [2.45, 2.75) is 12.8 Å². The van der Waals surface area contributed by atoms with Gasteiger partial charge in [-0.15, -0.1) is 0 Å². The number of carbonyl (C=O) groups is 2. The minimum Gasteiger partial charge on any atom is -0.469 e. The summed E-state index contributed by atoms with van der Waals surface area (Å²) in [4.78, 5) is 25.5. The first-order chi connectivity index (χ1) is 11.2. The Morgan fingerprint density at radius 1 is 1.22 bits per heavy atom. The van der Waals surface area contributed by atoms with E-state index in [-0.39, 0.29) is 24.6 Å². The van der Waals surface area contributed by atoms with E-state index < -0.39 is 0 Å². The van der Waals surface area contributed by atoms with Crippen LogP contribution in [0.15, 0.2) is 24.3 Å². The highest BCUT2D eigenvalue weighted by molar-refractivity contribution is 5.92. The Labute approximate surface area is 134 Å². The van der Waals surface area contributed by atoms with Crippen molar-refractivity contribution >= 4 is 18.0 Å². The molecule has 1 aromatic rings. The highest BCUT2D eigenvalue weighted by Gasteiger charge is 2.27. The van der Waals surface area contributed by atoms with Gasteiger partial charge in [-0.25, -0.2) is 0 Å². The number of hydrogen-bond acceptors (Lipinski definition) is 5. The third-order valence-electron chi connectivity index (χ3n) is 4.16. The molecule has 0 atom stereocenters. The lowest BCUT2D eigenvalue weighted by atomic mass is 9.97. The maximum atomic E-state index is 12.2. The first-order valence-corrected chi connectivity index (χ1v) is 7.62. The van der Waals surface area contributed by atoms with E-state index in [0.717, 1.165) is 11.3 Å². The Morgan fingerprint density at radius 2 is 1.96 bits per heavy atom. The van der Waals surface area contributed by atoms with Gasteiger partial charge in [-0.05, 0) is 36.6 Å². The fraction of sp³-hybridized carbons (Fsp3) is 0.412. The van der Waals surface area contributed by atoms with Crippen LogP contribution in [0.1, 0.15) is 18.4 Å². The summed E-state index contributed by atoms with van der Waals surface area (Å²) in [5.74, 6) is 1.08. The van der Waals surface area contributed by atoms with E-state index in [1.807, 2.05) is 18.2 Å². The molecular weight excluding hydrogens is 298 g/mol. The van der Waals surface area contributed by atoms with E-state index in [4.69, 9.17) is 14.2 Å². The van der Waals surface area contributed by atoms with Gasteiger partial charge in [0.2, 0.25) is 12.7 Å². The number of nitrogens with zero attached hydrogens (tertiary/aromatic N) is 1. The highest BCUT2D eigenvalue weighted by atomic mass is 16.7. The number of esters is 1. The SMILES string of the molecule is COC(=O)C1CCN(C(=O)/C=C/c2ccc3c(c2)OCO3)CC1. The van der Waals surface area contributed by atoms with E-state index in [9.17, 15) is 9.59 Å². The van der Waals surface area contributed by atoms with Crippen LogP contribution in [0.2, 0.25) is 0 Å². The molecule has 2 aliphatic rings. The summed E-state index contributed by atoms with van der Waals surface area (Å²) in [6, 6.07) is 5.55. The molecule has 0 bridgehead atoms. The fourth-order valence-corrected chi connectivity index (χ4v) is 2.79. The van der Waals surface area contributed by atoms with Crippen LogP contribution in [0.5, 0.6) is 11.5 Å². The zero-order valence-corrected chi connectivity index (χ0v) is 13.0. The standard InChI is InChI=1S/C17H19NO5/c1-21-17(20)13-6-8-18(9-7-13)16(19)5-3-12-2-4-14-15(10-12)23-11-22-14/h2-5,10,13H,6-9,11H2,1H3/b5-3+. The molecular formula is C17H19NO5. The van der Waals surface area contributed by atoms with Crippen LogP contribution < -0.4 is 9.47 Å². The van der Waals surface area contributed by atoms with Crippen molar-refractivity contribution in [1.82, 2.24) is 4.90 Å². The molecule has 6 nitrogen and oxygen atoms in total. The van der Waals surface area contributed by atoms with Gasteiger partial charge in [-0.2, -0.15) is 0 Å². The molecule has 0 N–H and O–H groups in total. The molecule has 23 heavy (non-hydrogen) atoms. The van der Waals surface area contributed by atoms with Crippen molar-refractivity contribution in [3.8, 4) is 11.5 Å². The lowest BCUT2D eigenvalue weighted by Crippen LogP contribution is -2.39. The Morgan fingerprint density at radius 3 is 2.70 bits per heavy atom. The highest BCUT2D eigenvalue weighted by Crippen LogP contribution is 2.32. The van der Waals surface area contributed by atoms with Crippen LogP contribution in [0.3, 0.4) is 0 Å². The topological polar surface area (TPSA) is 65.1 Å². The van der Waals surface area contributed by atoms with Gasteiger partial charge in [-0.1, -0.05) is 6.07 Å². The summed E-state index contributed by atoms with van der Waals surface area (Å²) in [5, 5.41) is 0. The fourth-order valence-electron chi connectivity index (χ4n) is 2.79. The summed E-state index contributed by atoms with van der Waals surface area (Å²) < 4.78 is 15.3. The van der Waals surface area contributed by atoms with Crippen molar-refractivity contribution < 1.29 is 23.8 Å². The van der Waals surface area contributed by atoms with Gasteiger partial charge in [0.1, 0.15) is 0 Å². The average Bonchev–Trinajstić information content (AvgIpc) is 3.06. The van der Waals surface area contributed by atoms with Crippen LogP contribution in [0.25, 0.3) is 6.08 Å². The van der Waals surface area contributed by atoms with E-state index >= 15 is 0 Å². The number of ether oxygens (including phenoxy) is 3. The van der Waals surface area contributed by atoms with Gasteiger partial charge in [-0.3, -0.25) is 9.59 Å². The zero-order chi connectivity index (χ0) is 16.2. The van der Waals surface area contributed by atoms with Gasteiger partial charge in [0, 0.05) is 19.2 Å². The zero-order valence-electron chi connectivity index (χ0n) is 13.0. The molecule has 1 saturated heterocycles. The molecule has 0 aromatic heterocycles. The molecule has 0 unspecified atom stereocenters. The molecule has 0 spiro atoms. The molecule has 0 radical (unpaired) electrons. The van der Waals surface area contributed by atoms with Crippen LogP contribution in [-0.4, -0.2) is 43.8 Å². The van der Waals surface area contributed by atoms with Crippen LogP contribution >= 0.6 is 0 Å². The molecule has 122 valence electrons. The lowest BCUT2D eigenvalue weighted by molar-refractivity contribution is -0.148. The summed E-state index contributed by atoms with van der Waals surface area (Å²) in [6.07, 6.45) is 4.61. The molecule has 1 amide bonds. The average molecular weight is 317 g/mol. The lowest BCUT2D eigenvalue weighted by Gasteiger charge is -2.29. The quantitative estimate of drug-likeness (QED) is 0.629. The van der Waals surface area contributed by atoms with Crippen LogP contribution in [-0.2, 0) is 14.3 Å². The molecule has 1 aromatic carbocycles. The van der Waals surface area contributed by atoms with Crippen LogP contribution in [0.4, 0.5) is 0 Å². The van der Waals surface area contributed by atoms with E-state index in [2.05, 4.69) is 0 Å². The largest absolute Gasteiger partial charge is 0.469 e.